The fraction of sp³-hybridized carbons (Fsp3) is 0.917. The molecule has 1 fully saturated rings. The van der Waals surface area contributed by atoms with Crippen molar-refractivity contribution < 1.29 is 18.8 Å². The molecule has 0 aliphatic heterocycles. The summed E-state index contributed by atoms with van der Waals surface area (Å²) in [4.78, 5) is 20.1. The van der Waals surface area contributed by atoms with E-state index in [9.17, 15) is 9.36 Å². The standard InChI is InChI=1S/C12H21O4P/c1-12(2,10-6-4-3-5-7-10)8-11(13)9-16-17(14)15/h10H,3-9H2,1-2H3/p+1. The molecule has 0 aromatic rings. The quantitative estimate of drug-likeness (QED) is 0.745. The highest BCUT2D eigenvalue weighted by molar-refractivity contribution is 7.32. The van der Waals surface area contributed by atoms with E-state index in [2.05, 4.69) is 18.4 Å². The van der Waals surface area contributed by atoms with E-state index in [0.717, 1.165) is 0 Å². The highest BCUT2D eigenvalue weighted by Crippen LogP contribution is 2.40. The van der Waals surface area contributed by atoms with Gasteiger partial charge in [0.15, 0.2) is 12.4 Å². The first-order chi connectivity index (χ1) is 7.92. The van der Waals surface area contributed by atoms with Gasteiger partial charge < -0.3 is 0 Å². The molecule has 0 heterocycles. The number of carbonyl (C=O) groups excluding carboxylic acids is 1. The van der Waals surface area contributed by atoms with E-state index in [4.69, 9.17) is 4.89 Å². The molecule has 0 aromatic heterocycles. The van der Waals surface area contributed by atoms with Gasteiger partial charge in [-0.05, 0) is 24.2 Å². The van der Waals surface area contributed by atoms with Crippen LogP contribution in [-0.2, 0) is 13.9 Å². The van der Waals surface area contributed by atoms with Crippen LogP contribution in [0.2, 0.25) is 0 Å². The Labute approximate surface area is 104 Å². The van der Waals surface area contributed by atoms with Crippen LogP contribution < -0.4 is 0 Å². The van der Waals surface area contributed by atoms with E-state index < -0.39 is 8.25 Å². The van der Waals surface area contributed by atoms with Gasteiger partial charge in [0, 0.05) is 11.0 Å². The van der Waals surface area contributed by atoms with Crippen molar-refractivity contribution in [1.82, 2.24) is 0 Å². The smallest absolute Gasteiger partial charge is 0.297 e. The zero-order valence-corrected chi connectivity index (χ0v) is 11.5. The molecule has 1 atom stereocenters. The van der Waals surface area contributed by atoms with E-state index in [-0.39, 0.29) is 17.8 Å². The molecule has 0 amide bonds. The van der Waals surface area contributed by atoms with Crippen molar-refractivity contribution >= 4 is 14.0 Å². The minimum Gasteiger partial charge on any atom is -0.297 e. The Morgan fingerprint density at radius 3 is 2.47 bits per heavy atom. The van der Waals surface area contributed by atoms with Gasteiger partial charge in [0.2, 0.25) is 0 Å². The van der Waals surface area contributed by atoms with Crippen LogP contribution in [0.5, 0.6) is 0 Å². The first kappa shape index (κ1) is 14.7. The minimum absolute atomic E-state index is 0.0258. The number of rotatable bonds is 6. The minimum atomic E-state index is -2.66. The number of carbonyl (C=O) groups is 1. The molecule has 1 unspecified atom stereocenters. The molecule has 0 spiro atoms. The summed E-state index contributed by atoms with van der Waals surface area (Å²) < 4.78 is 14.8. The number of Topliss-reactive ketones (excluding diaryl/α,β-unsaturated/α-hetero) is 1. The maximum Gasteiger partial charge on any atom is 0.695 e. The van der Waals surface area contributed by atoms with Gasteiger partial charge >= 0.3 is 8.25 Å². The van der Waals surface area contributed by atoms with Crippen LogP contribution in [0.3, 0.4) is 0 Å². The third kappa shape index (κ3) is 5.24. The molecule has 0 aromatic carbocycles. The predicted octanol–water partition coefficient (Wildman–Crippen LogP) is 3.22. The summed E-state index contributed by atoms with van der Waals surface area (Å²) in [6, 6.07) is 0. The average Bonchev–Trinajstić information content (AvgIpc) is 2.27. The number of hydrogen-bond acceptors (Lipinski definition) is 3. The van der Waals surface area contributed by atoms with Crippen molar-refractivity contribution in [1.29, 1.82) is 0 Å². The van der Waals surface area contributed by atoms with Crippen molar-refractivity contribution in [2.45, 2.75) is 52.4 Å². The van der Waals surface area contributed by atoms with Crippen molar-refractivity contribution in [2.75, 3.05) is 6.61 Å². The molecular formula is C12H22O4P+. The van der Waals surface area contributed by atoms with E-state index in [0.29, 0.717) is 12.3 Å². The van der Waals surface area contributed by atoms with E-state index in [1.165, 1.54) is 32.1 Å². The summed E-state index contributed by atoms with van der Waals surface area (Å²) in [5.41, 5.74) is -0.0258. The van der Waals surface area contributed by atoms with Crippen LogP contribution in [0.4, 0.5) is 0 Å². The third-order valence-electron chi connectivity index (χ3n) is 3.70. The Bertz CT molecular complexity index is 282. The topological polar surface area (TPSA) is 63.6 Å². The van der Waals surface area contributed by atoms with Gasteiger partial charge in [-0.15, -0.1) is 9.42 Å². The lowest BCUT2D eigenvalue weighted by atomic mass is 9.69. The Kier molecular flexibility index (Phi) is 5.71. The average molecular weight is 261 g/mol. The fourth-order valence-electron chi connectivity index (χ4n) is 2.71. The Balaban J connectivity index is 2.41. The van der Waals surface area contributed by atoms with E-state index >= 15 is 0 Å². The second-order valence-electron chi connectivity index (χ2n) is 5.55. The molecule has 1 aliphatic rings. The van der Waals surface area contributed by atoms with Gasteiger partial charge in [-0.2, -0.15) is 0 Å². The maximum absolute atomic E-state index is 11.6. The van der Waals surface area contributed by atoms with Crippen molar-refractivity contribution in [3.05, 3.63) is 0 Å². The highest BCUT2D eigenvalue weighted by Gasteiger charge is 2.33. The summed E-state index contributed by atoms with van der Waals surface area (Å²) in [6.07, 6.45) is 6.61. The molecule has 98 valence electrons. The van der Waals surface area contributed by atoms with E-state index in [1.54, 1.807) is 0 Å². The first-order valence-corrected chi connectivity index (χ1v) is 7.35. The molecule has 1 aliphatic carbocycles. The Morgan fingerprint density at radius 1 is 1.35 bits per heavy atom. The van der Waals surface area contributed by atoms with Gasteiger partial charge in [-0.25, -0.2) is 0 Å². The summed E-state index contributed by atoms with van der Waals surface area (Å²) in [5.74, 6) is 0.501. The summed E-state index contributed by atoms with van der Waals surface area (Å²) >= 11 is 0. The van der Waals surface area contributed by atoms with Crippen LogP contribution in [0.1, 0.15) is 52.4 Å². The molecule has 17 heavy (non-hydrogen) atoms. The molecule has 1 saturated carbocycles. The SMILES string of the molecule is CC(C)(CC(=O)CO[P+](=O)O)C1CCCCC1. The lowest BCUT2D eigenvalue weighted by Crippen LogP contribution is -2.29. The van der Waals surface area contributed by atoms with Gasteiger partial charge in [0.25, 0.3) is 0 Å². The predicted molar refractivity (Wildman–Crippen MR) is 65.8 cm³/mol. The molecule has 1 N–H and O–H groups in total. The number of hydrogen-bond donors (Lipinski definition) is 1. The largest absolute Gasteiger partial charge is 0.695 e. The van der Waals surface area contributed by atoms with Gasteiger partial charge in [-0.1, -0.05) is 33.1 Å². The molecule has 0 bridgehead atoms. The molecule has 1 rings (SSSR count). The molecule has 4 nitrogen and oxygen atoms in total. The zero-order valence-electron chi connectivity index (χ0n) is 10.6. The lowest BCUT2D eigenvalue weighted by Gasteiger charge is -2.36. The molecule has 0 saturated heterocycles. The van der Waals surface area contributed by atoms with Gasteiger partial charge in [0.05, 0.1) is 0 Å². The maximum atomic E-state index is 11.6. The first-order valence-electron chi connectivity index (χ1n) is 6.22. The van der Waals surface area contributed by atoms with Crippen LogP contribution in [0.15, 0.2) is 0 Å². The Hall–Kier alpha value is -0.310. The van der Waals surface area contributed by atoms with Crippen LogP contribution in [-0.4, -0.2) is 17.3 Å². The second-order valence-corrected chi connectivity index (χ2v) is 6.28. The normalized spacial score (nSPS) is 19.1. The lowest BCUT2D eigenvalue weighted by molar-refractivity contribution is -0.124. The zero-order chi connectivity index (χ0) is 12.9. The monoisotopic (exact) mass is 261 g/mol. The summed E-state index contributed by atoms with van der Waals surface area (Å²) in [6.45, 7) is 3.97. The summed E-state index contributed by atoms with van der Waals surface area (Å²) in [7, 11) is -2.66. The fourth-order valence-corrected chi connectivity index (χ4v) is 2.97. The molecule has 0 radical (unpaired) electrons. The van der Waals surface area contributed by atoms with Crippen molar-refractivity contribution in [3.63, 3.8) is 0 Å². The third-order valence-corrected chi connectivity index (χ3v) is 4.05. The highest BCUT2D eigenvalue weighted by atomic mass is 31.1. The molecular weight excluding hydrogens is 239 g/mol. The molecule has 5 heteroatoms. The van der Waals surface area contributed by atoms with E-state index in [1.807, 2.05) is 0 Å². The van der Waals surface area contributed by atoms with Crippen LogP contribution >= 0.6 is 8.25 Å². The van der Waals surface area contributed by atoms with Crippen LogP contribution in [0.25, 0.3) is 0 Å². The van der Waals surface area contributed by atoms with Gasteiger partial charge in [-0.3, -0.25) is 4.79 Å². The van der Waals surface area contributed by atoms with Crippen LogP contribution in [0, 0.1) is 11.3 Å². The van der Waals surface area contributed by atoms with Gasteiger partial charge in [0.1, 0.15) is 0 Å². The number of ketones is 1. The Morgan fingerprint density at radius 2 is 1.94 bits per heavy atom. The van der Waals surface area contributed by atoms with Crippen molar-refractivity contribution in [3.8, 4) is 0 Å². The van der Waals surface area contributed by atoms with Crippen molar-refractivity contribution in [2.24, 2.45) is 11.3 Å². The second kappa shape index (κ2) is 6.58. The summed E-state index contributed by atoms with van der Waals surface area (Å²) in [5, 5.41) is 0.